The Hall–Kier alpha value is -3.62. The normalized spacial score (nSPS) is 13.8. The second-order valence-corrected chi connectivity index (χ2v) is 8.87. The number of nitrogens with one attached hydrogen (secondary N) is 1. The molecule has 178 valence electrons. The van der Waals surface area contributed by atoms with Crippen LogP contribution in [0, 0.1) is 0 Å². The number of ether oxygens (including phenoxy) is 1. The molecule has 0 atom stereocenters. The van der Waals surface area contributed by atoms with E-state index < -0.39 is 0 Å². The molecule has 10 heteroatoms. The molecule has 1 aliphatic rings. The lowest BCUT2D eigenvalue weighted by Crippen LogP contribution is -2.49. The molecule has 2 aromatic heterocycles. The van der Waals surface area contributed by atoms with Crippen molar-refractivity contribution in [3.63, 3.8) is 0 Å². The van der Waals surface area contributed by atoms with Gasteiger partial charge in [-0.05, 0) is 42.5 Å². The monoisotopic (exact) mass is 509 g/mol. The molecule has 1 N–H and O–H groups in total. The number of hydrogen-bond donors (Lipinski definition) is 1. The van der Waals surface area contributed by atoms with Crippen LogP contribution in [0.3, 0.4) is 0 Å². The van der Waals surface area contributed by atoms with Crippen LogP contribution in [0.5, 0.6) is 5.75 Å². The van der Waals surface area contributed by atoms with E-state index in [9.17, 15) is 9.59 Å². The number of anilines is 1. The molecule has 0 spiro atoms. The highest BCUT2D eigenvalue weighted by Crippen LogP contribution is 2.27. The quantitative estimate of drug-likeness (QED) is 0.406. The summed E-state index contributed by atoms with van der Waals surface area (Å²) in [6.45, 7) is 2.29. The molecule has 0 bridgehead atoms. The molecule has 3 heterocycles. The average Bonchev–Trinajstić information content (AvgIpc) is 2.87. The second-order valence-electron chi connectivity index (χ2n) is 8.07. The van der Waals surface area contributed by atoms with E-state index >= 15 is 0 Å². The molecule has 35 heavy (non-hydrogen) atoms. The number of halogens is 2. The number of rotatable bonds is 5. The van der Waals surface area contributed by atoms with Crippen molar-refractivity contribution in [1.29, 1.82) is 0 Å². The van der Waals surface area contributed by atoms with Crippen LogP contribution in [-0.4, -0.2) is 51.9 Å². The number of aromatic nitrogens is 3. The first kappa shape index (κ1) is 23.1. The van der Waals surface area contributed by atoms with E-state index in [1.165, 1.54) is 0 Å². The number of benzene rings is 2. The van der Waals surface area contributed by atoms with E-state index in [0.717, 1.165) is 0 Å². The smallest absolute Gasteiger partial charge is 0.260 e. The molecule has 1 fully saturated rings. The van der Waals surface area contributed by atoms with E-state index in [1.54, 1.807) is 47.4 Å². The Labute approximate surface area is 211 Å². The van der Waals surface area contributed by atoms with Gasteiger partial charge in [0.1, 0.15) is 17.5 Å². The summed E-state index contributed by atoms with van der Waals surface area (Å²) in [5.74, 6) is 0.857. The number of aromatic amines is 1. The van der Waals surface area contributed by atoms with Gasteiger partial charge >= 0.3 is 0 Å². The van der Waals surface area contributed by atoms with Crippen molar-refractivity contribution >= 4 is 46.0 Å². The molecule has 0 radical (unpaired) electrons. The fraction of sp³-hybridized carbons (Fsp3) is 0.200. The molecule has 2 aromatic carbocycles. The van der Waals surface area contributed by atoms with Crippen molar-refractivity contribution in [2.45, 2.75) is 6.61 Å². The summed E-state index contributed by atoms with van der Waals surface area (Å²) in [4.78, 5) is 40.8. The molecule has 0 unspecified atom stereocenters. The predicted molar refractivity (Wildman–Crippen MR) is 136 cm³/mol. The zero-order valence-electron chi connectivity index (χ0n) is 18.6. The largest absolute Gasteiger partial charge is 0.486 e. The van der Waals surface area contributed by atoms with Crippen LogP contribution in [0.2, 0.25) is 10.2 Å². The van der Waals surface area contributed by atoms with Crippen molar-refractivity contribution in [3.8, 4) is 5.75 Å². The van der Waals surface area contributed by atoms with Crippen molar-refractivity contribution in [2.24, 2.45) is 0 Å². The summed E-state index contributed by atoms with van der Waals surface area (Å²) < 4.78 is 5.74. The highest BCUT2D eigenvalue weighted by Gasteiger charge is 2.24. The van der Waals surface area contributed by atoms with Crippen LogP contribution in [0.1, 0.15) is 16.1 Å². The Morgan fingerprint density at radius 3 is 2.54 bits per heavy atom. The number of nitrogens with zero attached hydrogens (tertiary/aromatic N) is 4. The summed E-state index contributed by atoms with van der Waals surface area (Å²) in [6.07, 6.45) is 0. The maximum Gasteiger partial charge on any atom is 0.260 e. The molecule has 1 saturated heterocycles. The topological polar surface area (TPSA) is 91.4 Å². The predicted octanol–water partition coefficient (Wildman–Crippen LogP) is 4.17. The van der Waals surface area contributed by atoms with Gasteiger partial charge in [0.2, 0.25) is 5.95 Å². The molecule has 0 saturated carbocycles. The third-order valence-electron chi connectivity index (χ3n) is 5.79. The minimum Gasteiger partial charge on any atom is -0.486 e. The molecule has 4 aromatic rings. The number of pyridine rings is 1. The number of amides is 1. The highest BCUT2D eigenvalue weighted by atomic mass is 35.5. The van der Waals surface area contributed by atoms with Gasteiger partial charge < -0.3 is 14.5 Å². The van der Waals surface area contributed by atoms with Gasteiger partial charge in [0.15, 0.2) is 0 Å². The zero-order chi connectivity index (χ0) is 24.4. The van der Waals surface area contributed by atoms with Crippen molar-refractivity contribution in [2.75, 3.05) is 31.1 Å². The first-order valence-corrected chi connectivity index (χ1v) is 11.8. The average molecular weight is 510 g/mol. The van der Waals surface area contributed by atoms with E-state index in [1.807, 2.05) is 23.1 Å². The molecule has 1 aliphatic heterocycles. The van der Waals surface area contributed by atoms with E-state index in [0.29, 0.717) is 70.2 Å². The summed E-state index contributed by atoms with van der Waals surface area (Å²) in [6, 6.07) is 17.5. The van der Waals surface area contributed by atoms with Gasteiger partial charge in [-0.2, -0.15) is 0 Å². The summed E-state index contributed by atoms with van der Waals surface area (Å²) in [5, 5.41) is 1.29. The van der Waals surface area contributed by atoms with Crippen molar-refractivity contribution < 1.29 is 9.53 Å². The SMILES string of the molecule is O=C(c1ccc(OCc2cccc(Cl)n2)c(Cl)c1)N1CCN(c2nc3ccccc3c(=O)[nH]2)CC1. The van der Waals surface area contributed by atoms with Gasteiger partial charge in [0, 0.05) is 31.7 Å². The van der Waals surface area contributed by atoms with Gasteiger partial charge in [-0.15, -0.1) is 0 Å². The number of carbonyl (C=O) groups is 1. The number of carbonyl (C=O) groups excluding carboxylic acids is 1. The first-order valence-electron chi connectivity index (χ1n) is 11.0. The third-order valence-corrected chi connectivity index (χ3v) is 6.30. The van der Waals surface area contributed by atoms with Gasteiger partial charge in [0.05, 0.1) is 21.6 Å². The van der Waals surface area contributed by atoms with Crippen LogP contribution >= 0.6 is 23.2 Å². The minimum atomic E-state index is -0.174. The number of para-hydroxylation sites is 1. The lowest BCUT2D eigenvalue weighted by atomic mass is 10.1. The molecule has 5 rings (SSSR count). The van der Waals surface area contributed by atoms with E-state index in [-0.39, 0.29) is 18.1 Å². The highest BCUT2D eigenvalue weighted by molar-refractivity contribution is 6.32. The molecular weight excluding hydrogens is 489 g/mol. The Morgan fingerprint density at radius 2 is 1.77 bits per heavy atom. The van der Waals surface area contributed by atoms with E-state index in [4.69, 9.17) is 27.9 Å². The summed E-state index contributed by atoms with van der Waals surface area (Å²) in [5.41, 5.74) is 1.63. The molecule has 8 nitrogen and oxygen atoms in total. The molecule has 1 amide bonds. The number of H-pyrrole nitrogens is 1. The van der Waals surface area contributed by atoms with Crippen molar-refractivity contribution in [1.82, 2.24) is 19.9 Å². The fourth-order valence-corrected chi connectivity index (χ4v) is 4.38. The van der Waals surface area contributed by atoms with Crippen LogP contribution in [0.15, 0.2) is 65.5 Å². The number of fused-ring (bicyclic) bond motifs is 1. The molecular formula is C25H21Cl2N5O3. The zero-order valence-corrected chi connectivity index (χ0v) is 20.1. The molecule has 0 aliphatic carbocycles. The third kappa shape index (κ3) is 5.08. The maximum atomic E-state index is 13.1. The van der Waals surface area contributed by atoms with Crippen LogP contribution in [0.4, 0.5) is 5.95 Å². The van der Waals surface area contributed by atoms with Gasteiger partial charge in [-0.1, -0.05) is 41.4 Å². The number of hydrogen-bond acceptors (Lipinski definition) is 6. The van der Waals surface area contributed by atoms with E-state index in [2.05, 4.69) is 15.0 Å². The standard InChI is InChI=1S/C25H21Cl2N5O3/c26-19-14-16(8-9-21(19)35-15-17-4-3-7-22(27)28-17)24(34)31-10-12-32(13-11-31)25-29-20-6-2-1-5-18(20)23(33)30-25/h1-9,14H,10-13,15H2,(H,29,30,33). The first-order chi connectivity index (χ1) is 17.0. The summed E-state index contributed by atoms with van der Waals surface area (Å²) >= 11 is 12.3. The summed E-state index contributed by atoms with van der Waals surface area (Å²) in [7, 11) is 0. The minimum absolute atomic E-state index is 0.116. The Balaban J connectivity index is 1.22. The second kappa shape index (κ2) is 9.93. The van der Waals surface area contributed by atoms with Crippen LogP contribution in [-0.2, 0) is 6.61 Å². The Kier molecular flexibility index (Phi) is 6.57. The maximum absolute atomic E-state index is 13.1. The van der Waals surface area contributed by atoms with Crippen molar-refractivity contribution in [3.05, 3.63) is 92.5 Å². The Bertz CT molecular complexity index is 1450. The lowest BCUT2D eigenvalue weighted by Gasteiger charge is -2.35. The van der Waals surface area contributed by atoms with Gasteiger partial charge in [-0.3, -0.25) is 14.6 Å². The van der Waals surface area contributed by atoms with Crippen LogP contribution in [0.25, 0.3) is 10.9 Å². The number of piperazine rings is 1. The fourth-order valence-electron chi connectivity index (χ4n) is 3.96. The van der Waals surface area contributed by atoms with Crippen LogP contribution < -0.4 is 15.2 Å². The van der Waals surface area contributed by atoms with Gasteiger partial charge in [0.25, 0.3) is 11.5 Å². The van der Waals surface area contributed by atoms with Gasteiger partial charge in [-0.25, -0.2) is 9.97 Å². The lowest BCUT2D eigenvalue weighted by molar-refractivity contribution is 0.0746. The Morgan fingerprint density at radius 1 is 0.971 bits per heavy atom.